The highest BCUT2D eigenvalue weighted by molar-refractivity contribution is 5.86. The summed E-state index contributed by atoms with van der Waals surface area (Å²) in [5, 5.41) is 0. The third-order valence-electron chi connectivity index (χ3n) is 4.90. The second-order valence-corrected chi connectivity index (χ2v) is 6.76. The molecule has 3 heteroatoms. The first-order chi connectivity index (χ1) is 10.5. The quantitative estimate of drug-likeness (QED) is 0.769. The fourth-order valence-electron chi connectivity index (χ4n) is 2.73. The average molecular weight is 301 g/mol. The highest BCUT2D eigenvalue weighted by atomic mass is 15.2. The molecule has 1 aliphatic heterocycles. The number of aliphatic imine (C=N–C) groups is 1. The van der Waals surface area contributed by atoms with Crippen LogP contribution < -0.4 is 0 Å². The number of likely N-dealkylation sites (N-methyl/N-ethyl adjacent to an activating group) is 1. The summed E-state index contributed by atoms with van der Waals surface area (Å²) < 4.78 is 0. The SMILES string of the molecule is CCC(C)C(C)=Nc1cc(CN2CCN(C)CC2)ccc1C. The topological polar surface area (TPSA) is 18.8 Å². The summed E-state index contributed by atoms with van der Waals surface area (Å²) in [6.07, 6.45) is 1.15. The van der Waals surface area contributed by atoms with Crippen molar-refractivity contribution in [1.29, 1.82) is 0 Å². The highest BCUT2D eigenvalue weighted by Crippen LogP contribution is 2.23. The minimum absolute atomic E-state index is 0.556. The fraction of sp³-hybridized carbons (Fsp3) is 0.632. The first-order valence-electron chi connectivity index (χ1n) is 8.55. The number of hydrogen-bond donors (Lipinski definition) is 0. The molecule has 0 amide bonds. The van der Waals surface area contributed by atoms with Gasteiger partial charge in [0.15, 0.2) is 0 Å². The molecule has 1 atom stereocenters. The minimum Gasteiger partial charge on any atom is -0.304 e. The molecule has 0 saturated carbocycles. The van der Waals surface area contributed by atoms with E-state index in [2.05, 4.69) is 62.7 Å². The molecule has 22 heavy (non-hydrogen) atoms. The zero-order valence-electron chi connectivity index (χ0n) is 14.9. The van der Waals surface area contributed by atoms with Crippen molar-refractivity contribution < 1.29 is 0 Å². The second-order valence-electron chi connectivity index (χ2n) is 6.76. The maximum Gasteiger partial charge on any atom is 0.0661 e. The predicted molar refractivity (Wildman–Crippen MR) is 96.2 cm³/mol. The Labute approximate surface area is 136 Å². The van der Waals surface area contributed by atoms with Gasteiger partial charge in [0.2, 0.25) is 0 Å². The molecule has 0 radical (unpaired) electrons. The molecule has 0 aliphatic carbocycles. The lowest BCUT2D eigenvalue weighted by molar-refractivity contribution is 0.148. The van der Waals surface area contributed by atoms with E-state index in [0.717, 1.165) is 31.7 Å². The van der Waals surface area contributed by atoms with Crippen molar-refractivity contribution in [1.82, 2.24) is 9.80 Å². The van der Waals surface area contributed by atoms with Crippen LogP contribution in [0.2, 0.25) is 0 Å². The fourth-order valence-corrected chi connectivity index (χ4v) is 2.73. The Morgan fingerprint density at radius 1 is 1.23 bits per heavy atom. The zero-order chi connectivity index (χ0) is 16.1. The largest absolute Gasteiger partial charge is 0.304 e. The summed E-state index contributed by atoms with van der Waals surface area (Å²) in [4.78, 5) is 9.83. The molecular formula is C19H31N3. The molecule has 1 saturated heterocycles. The number of hydrogen-bond acceptors (Lipinski definition) is 3. The zero-order valence-corrected chi connectivity index (χ0v) is 14.9. The molecule has 0 N–H and O–H groups in total. The van der Waals surface area contributed by atoms with E-state index in [1.807, 2.05) is 0 Å². The molecule has 1 fully saturated rings. The summed E-state index contributed by atoms with van der Waals surface area (Å²) in [6, 6.07) is 6.75. The van der Waals surface area contributed by atoms with Gasteiger partial charge < -0.3 is 4.90 Å². The molecule has 0 bridgehead atoms. The summed E-state index contributed by atoms with van der Waals surface area (Å²) in [5.41, 5.74) is 5.03. The number of rotatable bonds is 5. The smallest absolute Gasteiger partial charge is 0.0661 e. The van der Waals surface area contributed by atoms with Crippen molar-refractivity contribution in [2.24, 2.45) is 10.9 Å². The number of nitrogens with zero attached hydrogens (tertiary/aromatic N) is 3. The van der Waals surface area contributed by atoms with Crippen LogP contribution in [0.1, 0.15) is 38.3 Å². The van der Waals surface area contributed by atoms with E-state index in [4.69, 9.17) is 4.99 Å². The van der Waals surface area contributed by atoms with Crippen molar-refractivity contribution in [2.45, 2.75) is 40.7 Å². The van der Waals surface area contributed by atoms with Crippen LogP contribution in [-0.4, -0.2) is 48.7 Å². The van der Waals surface area contributed by atoms with E-state index in [1.54, 1.807) is 0 Å². The van der Waals surface area contributed by atoms with Crippen molar-refractivity contribution in [3.63, 3.8) is 0 Å². The van der Waals surface area contributed by atoms with E-state index >= 15 is 0 Å². The van der Waals surface area contributed by atoms with Gasteiger partial charge in [0.05, 0.1) is 5.69 Å². The predicted octanol–water partition coefficient (Wildman–Crippen LogP) is 3.88. The van der Waals surface area contributed by atoms with E-state index in [0.29, 0.717) is 5.92 Å². The van der Waals surface area contributed by atoms with Crippen LogP contribution in [0.4, 0.5) is 5.69 Å². The molecule has 1 unspecified atom stereocenters. The van der Waals surface area contributed by atoms with E-state index in [1.165, 1.54) is 29.9 Å². The first kappa shape index (κ1) is 17.2. The maximum atomic E-state index is 4.89. The van der Waals surface area contributed by atoms with Gasteiger partial charge in [-0.2, -0.15) is 0 Å². The summed E-state index contributed by atoms with van der Waals surface area (Å²) >= 11 is 0. The van der Waals surface area contributed by atoms with Crippen LogP contribution >= 0.6 is 0 Å². The van der Waals surface area contributed by atoms with E-state index in [9.17, 15) is 0 Å². The van der Waals surface area contributed by atoms with Crippen molar-refractivity contribution in [3.8, 4) is 0 Å². The monoisotopic (exact) mass is 301 g/mol. The highest BCUT2D eigenvalue weighted by Gasteiger charge is 2.14. The molecule has 0 spiro atoms. The van der Waals surface area contributed by atoms with Crippen molar-refractivity contribution >= 4 is 11.4 Å². The summed E-state index contributed by atoms with van der Waals surface area (Å²) in [7, 11) is 2.20. The van der Waals surface area contributed by atoms with Crippen molar-refractivity contribution in [3.05, 3.63) is 29.3 Å². The van der Waals surface area contributed by atoms with Gasteiger partial charge in [0.25, 0.3) is 0 Å². The molecule has 122 valence electrons. The van der Waals surface area contributed by atoms with Gasteiger partial charge in [-0.3, -0.25) is 9.89 Å². The van der Waals surface area contributed by atoms with Gasteiger partial charge in [0.1, 0.15) is 0 Å². The Kier molecular flexibility index (Phi) is 6.16. The van der Waals surface area contributed by atoms with Gasteiger partial charge in [-0.15, -0.1) is 0 Å². The summed E-state index contributed by atoms with van der Waals surface area (Å²) in [5.74, 6) is 0.556. The lowest BCUT2D eigenvalue weighted by Gasteiger charge is -2.32. The molecule has 3 nitrogen and oxygen atoms in total. The normalized spacial score (nSPS) is 19.4. The molecular weight excluding hydrogens is 270 g/mol. The van der Waals surface area contributed by atoms with Crippen LogP contribution in [0.5, 0.6) is 0 Å². The van der Waals surface area contributed by atoms with Gasteiger partial charge in [-0.05, 0) is 50.4 Å². The maximum absolute atomic E-state index is 4.89. The molecule has 1 aromatic carbocycles. The third kappa shape index (κ3) is 4.65. The molecule has 2 rings (SSSR count). The van der Waals surface area contributed by atoms with Crippen LogP contribution in [0, 0.1) is 12.8 Å². The lowest BCUT2D eigenvalue weighted by Crippen LogP contribution is -2.43. The van der Waals surface area contributed by atoms with Crippen LogP contribution in [-0.2, 0) is 6.54 Å². The van der Waals surface area contributed by atoms with Crippen LogP contribution in [0.25, 0.3) is 0 Å². The summed E-state index contributed by atoms with van der Waals surface area (Å²) in [6.45, 7) is 14.5. The number of benzene rings is 1. The average Bonchev–Trinajstić information content (AvgIpc) is 2.52. The van der Waals surface area contributed by atoms with Crippen molar-refractivity contribution in [2.75, 3.05) is 33.2 Å². The van der Waals surface area contributed by atoms with Gasteiger partial charge in [0, 0.05) is 38.4 Å². The Morgan fingerprint density at radius 3 is 2.55 bits per heavy atom. The molecule has 1 aliphatic rings. The standard InChI is InChI=1S/C19H31N3/c1-6-15(2)17(4)20-19-13-18(8-7-16(19)3)14-22-11-9-21(5)10-12-22/h7-8,13,15H,6,9-12,14H2,1-5H3. The van der Waals surface area contributed by atoms with Crippen LogP contribution in [0.3, 0.4) is 0 Å². The Bertz CT molecular complexity index is 513. The molecule has 1 aromatic rings. The Balaban J connectivity index is 2.09. The van der Waals surface area contributed by atoms with Gasteiger partial charge >= 0.3 is 0 Å². The number of piperazine rings is 1. The minimum atomic E-state index is 0.556. The van der Waals surface area contributed by atoms with E-state index in [-0.39, 0.29) is 0 Å². The first-order valence-corrected chi connectivity index (χ1v) is 8.55. The van der Waals surface area contributed by atoms with Crippen LogP contribution in [0.15, 0.2) is 23.2 Å². The Hall–Kier alpha value is -1.19. The van der Waals surface area contributed by atoms with Gasteiger partial charge in [-0.1, -0.05) is 26.0 Å². The Morgan fingerprint density at radius 2 is 1.91 bits per heavy atom. The lowest BCUT2D eigenvalue weighted by atomic mass is 10.0. The second kappa shape index (κ2) is 7.89. The molecule has 0 aromatic heterocycles. The molecule has 1 heterocycles. The van der Waals surface area contributed by atoms with Gasteiger partial charge in [-0.25, -0.2) is 0 Å². The number of aryl methyl sites for hydroxylation is 1. The third-order valence-corrected chi connectivity index (χ3v) is 4.90. The van der Waals surface area contributed by atoms with E-state index < -0.39 is 0 Å².